The lowest BCUT2D eigenvalue weighted by atomic mass is 10.1. The lowest BCUT2D eigenvalue weighted by molar-refractivity contribution is 0.110. The van der Waals surface area contributed by atoms with Crippen molar-refractivity contribution >= 4 is 38.9 Å². The summed E-state index contributed by atoms with van der Waals surface area (Å²) in [7, 11) is -3.78. The second kappa shape index (κ2) is 5.58. The summed E-state index contributed by atoms with van der Waals surface area (Å²) in [5.41, 5.74) is -0.129. The van der Waals surface area contributed by atoms with Gasteiger partial charge in [-0.2, -0.15) is 0 Å². The van der Waals surface area contributed by atoms with Gasteiger partial charge in [0.1, 0.15) is 11.4 Å². The number of fused-ring (bicyclic) bond motifs is 1. The number of rotatable bonds is 2. The van der Waals surface area contributed by atoms with Crippen LogP contribution in [0.1, 0.15) is 13.8 Å². The lowest BCUT2D eigenvalue weighted by Crippen LogP contribution is -2.49. The fraction of sp³-hybridized carbons (Fsp3) is 0.250. The highest BCUT2D eigenvalue weighted by Crippen LogP contribution is 2.40. The SMILES string of the molecule is CC1(C)CN(S(=O)(=O)c2ccc(Cl)c(Cl)c2)c2ccccc2O1. The summed E-state index contributed by atoms with van der Waals surface area (Å²) in [6.07, 6.45) is 0. The molecule has 0 unspecified atom stereocenters. The minimum Gasteiger partial charge on any atom is -0.484 e. The number of hydrogen-bond donors (Lipinski definition) is 0. The molecule has 7 heteroatoms. The van der Waals surface area contributed by atoms with Gasteiger partial charge in [-0.05, 0) is 44.2 Å². The largest absolute Gasteiger partial charge is 0.484 e. The van der Waals surface area contributed by atoms with Gasteiger partial charge >= 0.3 is 0 Å². The lowest BCUT2D eigenvalue weighted by Gasteiger charge is -2.40. The van der Waals surface area contributed by atoms with Crippen LogP contribution in [0.2, 0.25) is 10.0 Å². The van der Waals surface area contributed by atoms with Crippen LogP contribution in [-0.4, -0.2) is 20.6 Å². The quantitative estimate of drug-likeness (QED) is 0.787. The van der Waals surface area contributed by atoms with Crippen LogP contribution in [0, 0.1) is 0 Å². The number of nitrogens with zero attached hydrogens (tertiary/aromatic N) is 1. The molecule has 0 amide bonds. The number of ether oxygens (including phenoxy) is 1. The van der Waals surface area contributed by atoms with Gasteiger partial charge in [0.2, 0.25) is 0 Å². The van der Waals surface area contributed by atoms with Crippen molar-refractivity contribution < 1.29 is 13.2 Å². The van der Waals surface area contributed by atoms with Crippen LogP contribution >= 0.6 is 23.2 Å². The molecular formula is C16H15Cl2NO3S. The normalized spacial score (nSPS) is 16.6. The Morgan fingerprint density at radius 3 is 2.48 bits per heavy atom. The maximum atomic E-state index is 13.1. The molecule has 23 heavy (non-hydrogen) atoms. The smallest absolute Gasteiger partial charge is 0.264 e. The zero-order valence-electron chi connectivity index (χ0n) is 12.6. The highest BCUT2D eigenvalue weighted by Gasteiger charge is 2.38. The zero-order valence-corrected chi connectivity index (χ0v) is 14.9. The molecule has 0 atom stereocenters. The van der Waals surface area contributed by atoms with E-state index in [0.29, 0.717) is 16.5 Å². The van der Waals surface area contributed by atoms with E-state index in [9.17, 15) is 8.42 Å². The average Bonchev–Trinajstić information content (AvgIpc) is 2.48. The summed E-state index contributed by atoms with van der Waals surface area (Å²) in [5.74, 6) is 0.535. The van der Waals surface area contributed by atoms with Crippen molar-refractivity contribution in [1.29, 1.82) is 0 Å². The van der Waals surface area contributed by atoms with E-state index in [0.717, 1.165) is 0 Å². The van der Waals surface area contributed by atoms with E-state index in [1.807, 2.05) is 19.9 Å². The molecule has 0 spiro atoms. The third-order valence-corrected chi connectivity index (χ3v) is 6.02. The first-order chi connectivity index (χ1) is 10.7. The Morgan fingerprint density at radius 1 is 1.09 bits per heavy atom. The van der Waals surface area contributed by atoms with Crippen molar-refractivity contribution in [3.63, 3.8) is 0 Å². The monoisotopic (exact) mass is 371 g/mol. The first-order valence-corrected chi connectivity index (χ1v) is 9.16. The van der Waals surface area contributed by atoms with Crippen molar-refractivity contribution in [3.8, 4) is 5.75 Å². The standard InChI is InChI=1S/C16H15Cl2NO3S/c1-16(2)10-19(14-5-3-4-6-15(14)22-16)23(20,21)11-7-8-12(17)13(18)9-11/h3-9H,10H2,1-2H3. The minimum absolute atomic E-state index is 0.0967. The Bertz CT molecular complexity index is 865. The Kier molecular flexibility index (Phi) is 3.99. The van der Waals surface area contributed by atoms with Gasteiger partial charge in [0.15, 0.2) is 0 Å². The third kappa shape index (κ3) is 3.01. The summed E-state index contributed by atoms with van der Waals surface area (Å²) in [6, 6.07) is 11.4. The Balaban J connectivity index is 2.14. The van der Waals surface area contributed by atoms with Crippen molar-refractivity contribution in [2.75, 3.05) is 10.8 Å². The molecule has 2 aromatic rings. The van der Waals surface area contributed by atoms with E-state index in [1.165, 1.54) is 22.5 Å². The molecule has 122 valence electrons. The van der Waals surface area contributed by atoms with Gasteiger partial charge in [-0.15, -0.1) is 0 Å². The molecule has 2 aromatic carbocycles. The number of benzene rings is 2. The molecule has 0 aromatic heterocycles. The van der Waals surface area contributed by atoms with E-state index >= 15 is 0 Å². The summed E-state index contributed by atoms with van der Waals surface area (Å²) >= 11 is 11.9. The number of sulfonamides is 1. The molecule has 0 saturated heterocycles. The first kappa shape index (κ1) is 16.4. The van der Waals surface area contributed by atoms with Crippen LogP contribution in [0.25, 0.3) is 0 Å². The summed E-state index contributed by atoms with van der Waals surface area (Å²) in [6.45, 7) is 3.90. The van der Waals surface area contributed by atoms with Crippen molar-refractivity contribution in [1.82, 2.24) is 0 Å². The highest BCUT2D eigenvalue weighted by molar-refractivity contribution is 7.92. The Labute approximate surface area is 145 Å². The summed E-state index contributed by atoms with van der Waals surface area (Å²) in [5, 5.41) is 0.516. The van der Waals surface area contributed by atoms with Gasteiger partial charge in [0.05, 0.1) is 27.2 Å². The maximum absolute atomic E-state index is 13.1. The zero-order chi connectivity index (χ0) is 16.8. The summed E-state index contributed by atoms with van der Waals surface area (Å²) in [4.78, 5) is 0.0967. The van der Waals surface area contributed by atoms with Crippen molar-refractivity contribution in [2.45, 2.75) is 24.3 Å². The second-order valence-corrected chi connectivity index (χ2v) is 8.59. The minimum atomic E-state index is -3.78. The van der Waals surface area contributed by atoms with Gasteiger partial charge in [0, 0.05) is 0 Å². The van der Waals surface area contributed by atoms with Crippen molar-refractivity contribution in [2.24, 2.45) is 0 Å². The van der Waals surface area contributed by atoms with Crippen LogP contribution in [0.5, 0.6) is 5.75 Å². The fourth-order valence-corrected chi connectivity index (χ4v) is 4.50. The topological polar surface area (TPSA) is 46.6 Å². The van der Waals surface area contributed by atoms with Crippen molar-refractivity contribution in [3.05, 3.63) is 52.5 Å². The number of hydrogen-bond acceptors (Lipinski definition) is 3. The Morgan fingerprint density at radius 2 is 1.78 bits per heavy atom. The number of anilines is 1. The molecule has 1 heterocycles. The molecule has 0 saturated carbocycles. The van der Waals surface area contributed by atoms with Gasteiger partial charge in [-0.3, -0.25) is 4.31 Å². The molecule has 1 aliphatic heterocycles. The molecule has 0 bridgehead atoms. The maximum Gasteiger partial charge on any atom is 0.264 e. The van der Waals surface area contributed by atoms with E-state index in [1.54, 1.807) is 18.2 Å². The van der Waals surface area contributed by atoms with Crippen LogP contribution in [0.4, 0.5) is 5.69 Å². The molecular weight excluding hydrogens is 357 g/mol. The van der Waals surface area contributed by atoms with Gasteiger partial charge in [-0.25, -0.2) is 8.42 Å². The first-order valence-electron chi connectivity index (χ1n) is 6.97. The number of para-hydroxylation sites is 2. The van der Waals surface area contributed by atoms with E-state index in [-0.39, 0.29) is 16.5 Å². The molecule has 0 radical (unpaired) electrons. The van der Waals surface area contributed by atoms with Gasteiger partial charge in [0.25, 0.3) is 10.0 Å². The predicted octanol–water partition coefficient (Wildman–Crippen LogP) is 4.36. The third-order valence-electron chi connectivity index (χ3n) is 3.52. The Hall–Kier alpha value is -1.43. The van der Waals surface area contributed by atoms with E-state index in [4.69, 9.17) is 27.9 Å². The fourth-order valence-electron chi connectivity index (χ4n) is 2.49. The highest BCUT2D eigenvalue weighted by atomic mass is 35.5. The molecule has 0 fully saturated rings. The predicted molar refractivity (Wildman–Crippen MR) is 92.1 cm³/mol. The second-order valence-electron chi connectivity index (χ2n) is 5.92. The van der Waals surface area contributed by atoms with Gasteiger partial charge < -0.3 is 4.74 Å². The van der Waals surface area contributed by atoms with Crippen LogP contribution < -0.4 is 9.04 Å². The van der Waals surface area contributed by atoms with Gasteiger partial charge in [-0.1, -0.05) is 35.3 Å². The van der Waals surface area contributed by atoms with Crippen LogP contribution in [0.3, 0.4) is 0 Å². The van der Waals surface area contributed by atoms with E-state index < -0.39 is 15.6 Å². The average molecular weight is 372 g/mol. The summed E-state index contributed by atoms with van der Waals surface area (Å²) < 4.78 is 33.4. The molecule has 4 nitrogen and oxygen atoms in total. The molecule has 0 N–H and O–H groups in total. The van der Waals surface area contributed by atoms with E-state index in [2.05, 4.69) is 0 Å². The molecule has 0 aliphatic carbocycles. The molecule has 3 rings (SSSR count). The molecule has 1 aliphatic rings. The number of halogens is 2. The van der Waals surface area contributed by atoms with Crippen LogP contribution in [0.15, 0.2) is 47.4 Å². The van der Waals surface area contributed by atoms with Crippen LogP contribution in [-0.2, 0) is 10.0 Å².